The van der Waals surface area contributed by atoms with E-state index in [-0.39, 0.29) is 35.6 Å². The average molecular weight is 472 g/mol. The first-order valence-corrected chi connectivity index (χ1v) is 11.6. The summed E-state index contributed by atoms with van der Waals surface area (Å²) in [6.45, 7) is 1.50. The van der Waals surface area contributed by atoms with Crippen LogP contribution >= 0.6 is 0 Å². The summed E-state index contributed by atoms with van der Waals surface area (Å²) in [7, 11) is 0. The minimum atomic E-state index is -0.380. The number of imidazole rings is 1. The van der Waals surface area contributed by atoms with Crippen LogP contribution in [0.5, 0.6) is 0 Å². The molecule has 2 bridgehead atoms. The van der Waals surface area contributed by atoms with Crippen molar-refractivity contribution in [2.75, 3.05) is 5.73 Å². The van der Waals surface area contributed by atoms with Crippen LogP contribution in [0.4, 0.5) is 10.6 Å². The van der Waals surface area contributed by atoms with Crippen molar-refractivity contribution < 1.29 is 9.59 Å². The highest BCUT2D eigenvalue weighted by Crippen LogP contribution is 2.44. The maximum absolute atomic E-state index is 12.7. The normalized spacial score (nSPS) is 21.5. The number of carbonyl (C=O) groups excluding carboxylic acids is 2. The molecule has 1 unspecified atom stereocenters. The number of aromatic nitrogens is 6. The number of H-pyrrole nitrogens is 1. The fraction of sp³-hybridized carbons (Fsp3) is 0.333. The zero-order valence-corrected chi connectivity index (χ0v) is 19.2. The molecule has 3 atom stereocenters. The van der Waals surface area contributed by atoms with E-state index in [1.807, 2.05) is 12.1 Å². The number of hydrogen-bond donors (Lipinski definition) is 3. The fourth-order valence-corrected chi connectivity index (χ4v) is 5.75. The van der Waals surface area contributed by atoms with Gasteiger partial charge in [-0.1, -0.05) is 6.07 Å². The number of nitrogen functional groups attached to an aromatic ring is 1. The third-order valence-electron chi connectivity index (χ3n) is 7.25. The van der Waals surface area contributed by atoms with Crippen LogP contribution in [0.25, 0.3) is 28.3 Å². The second-order valence-corrected chi connectivity index (χ2v) is 9.28. The Morgan fingerprint density at radius 1 is 1.11 bits per heavy atom. The number of carbonyl (C=O) groups is 2. The SMILES string of the molecule is CC(=O)c1c([C@H]2CC3CC[C@@H](C2)N3C(N)=O)nc2c(-c3ccc(-c4ncc[nH]4)nc3)cnn2c1N. The van der Waals surface area contributed by atoms with Gasteiger partial charge < -0.3 is 21.4 Å². The van der Waals surface area contributed by atoms with Crippen LogP contribution in [0.3, 0.4) is 0 Å². The number of amides is 2. The van der Waals surface area contributed by atoms with E-state index in [2.05, 4.69) is 20.1 Å². The molecule has 0 saturated carbocycles. The maximum atomic E-state index is 12.7. The number of primary amides is 1. The lowest BCUT2D eigenvalue weighted by molar-refractivity contribution is 0.101. The van der Waals surface area contributed by atoms with Gasteiger partial charge in [0.1, 0.15) is 11.5 Å². The highest BCUT2D eigenvalue weighted by atomic mass is 16.2. The highest BCUT2D eigenvalue weighted by Gasteiger charge is 2.44. The highest BCUT2D eigenvalue weighted by molar-refractivity contribution is 6.00. The van der Waals surface area contributed by atoms with E-state index < -0.39 is 0 Å². The van der Waals surface area contributed by atoms with Crippen molar-refractivity contribution in [3.05, 3.63) is 48.2 Å². The molecular weight excluding hydrogens is 446 g/mol. The lowest BCUT2D eigenvalue weighted by Crippen LogP contribution is -2.48. The molecule has 2 fully saturated rings. The summed E-state index contributed by atoms with van der Waals surface area (Å²) in [4.78, 5) is 43.2. The third kappa shape index (κ3) is 3.34. The number of nitrogens with one attached hydrogen (secondary N) is 1. The molecule has 2 saturated heterocycles. The van der Waals surface area contributed by atoms with Gasteiger partial charge in [-0.3, -0.25) is 9.78 Å². The molecule has 2 aliphatic heterocycles. The molecule has 35 heavy (non-hydrogen) atoms. The smallest absolute Gasteiger partial charge is 0.315 e. The summed E-state index contributed by atoms with van der Waals surface area (Å²) in [5.74, 6) is 0.798. The van der Waals surface area contributed by atoms with Gasteiger partial charge in [0.25, 0.3) is 0 Å². The Bertz CT molecular complexity index is 1430. The average Bonchev–Trinajstić information content (AvgIpc) is 3.57. The second-order valence-electron chi connectivity index (χ2n) is 9.28. The summed E-state index contributed by atoms with van der Waals surface area (Å²) in [5.41, 5.74) is 16.1. The number of Topliss-reactive ketones (excluding diaryl/α,β-unsaturated/α-hetero) is 1. The van der Waals surface area contributed by atoms with Crippen molar-refractivity contribution in [3.63, 3.8) is 0 Å². The molecule has 2 aliphatic rings. The van der Waals surface area contributed by atoms with E-state index in [0.29, 0.717) is 35.6 Å². The monoisotopic (exact) mass is 471 g/mol. The molecular formula is C24H25N9O2. The first-order valence-electron chi connectivity index (χ1n) is 11.6. The molecule has 0 radical (unpaired) electrons. The Hall–Kier alpha value is -4.28. The Morgan fingerprint density at radius 2 is 1.89 bits per heavy atom. The Kier molecular flexibility index (Phi) is 4.80. The van der Waals surface area contributed by atoms with Crippen molar-refractivity contribution in [1.82, 2.24) is 34.4 Å². The lowest BCUT2D eigenvalue weighted by Gasteiger charge is -2.38. The van der Waals surface area contributed by atoms with Crippen molar-refractivity contribution in [2.45, 2.75) is 50.6 Å². The summed E-state index contributed by atoms with van der Waals surface area (Å²) < 4.78 is 1.52. The van der Waals surface area contributed by atoms with Crippen molar-refractivity contribution in [3.8, 4) is 22.6 Å². The van der Waals surface area contributed by atoms with E-state index in [4.69, 9.17) is 16.5 Å². The van der Waals surface area contributed by atoms with Crippen LogP contribution in [0.2, 0.25) is 0 Å². The Morgan fingerprint density at radius 3 is 2.49 bits per heavy atom. The van der Waals surface area contributed by atoms with E-state index in [1.54, 1.807) is 29.7 Å². The van der Waals surface area contributed by atoms with Gasteiger partial charge in [0.05, 0.1) is 17.5 Å². The molecule has 0 aromatic carbocycles. The van der Waals surface area contributed by atoms with Crippen LogP contribution in [0.1, 0.15) is 54.6 Å². The summed E-state index contributed by atoms with van der Waals surface area (Å²) >= 11 is 0. The molecule has 4 aromatic rings. The molecule has 5 N–H and O–H groups in total. The van der Waals surface area contributed by atoms with Gasteiger partial charge >= 0.3 is 6.03 Å². The van der Waals surface area contributed by atoms with E-state index >= 15 is 0 Å². The van der Waals surface area contributed by atoms with Gasteiger partial charge in [0, 0.05) is 47.7 Å². The van der Waals surface area contributed by atoms with Gasteiger partial charge in [0.2, 0.25) is 0 Å². The first-order chi connectivity index (χ1) is 16.9. The Labute approximate surface area is 200 Å². The van der Waals surface area contributed by atoms with Crippen LogP contribution in [0.15, 0.2) is 36.9 Å². The third-order valence-corrected chi connectivity index (χ3v) is 7.25. The number of nitrogens with two attached hydrogens (primary N) is 2. The number of aromatic amines is 1. The molecule has 6 rings (SSSR count). The minimum absolute atomic E-state index is 0.00324. The molecule has 11 heteroatoms. The van der Waals surface area contributed by atoms with Crippen LogP contribution in [-0.2, 0) is 0 Å². The van der Waals surface area contributed by atoms with E-state index in [9.17, 15) is 9.59 Å². The topological polar surface area (TPSA) is 161 Å². The zero-order valence-electron chi connectivity index (χ0n) is 19.2. The number of piperidine rings is 1. The maximum Gasteiger partial charge on any atom is 0.315 e. The van der Waals surface area contributed by atoms with Gasteiger partial charge in [0.15, 0.2) is 17.3 Å². The molecule has 2 amide bonds. The predicted molar refractivity (Wildman–Crippen MR) is 128 cm³/mol. The van der Waals surface area contributed by atoms with Gasteiger partial charge in [-0.25, -0.2) is 14.8 Å². The standard InChI is InChI=1S/C24H25N9O2/c1-12(34)19-20(14-8-15-3-4-16(9-14)32(15)24(26)35)31-23-17(11-30-33(23)21(19)25)13-2-5-18(29-10-13)22-27-6-7-28-22/h2,5-7,10-11,14-16H,3-4,8-9,25H2,1H3,(H2,26,35)(H,27,28)/t14-,15+,16?/m1/s1. The van der Waals surface area contributed by atoms with Crippen molar-refractivity contribution in [1.29, 1.82) is 0 Å². The number of rotatable bonds is 4. The molecule has 0 aliphatic carbocycles. The minimum Gasteiger partial charge on any atom is -0.383 e. The number of nitrogens with zero attached hydrogens (tertiary/aromatic N) is 6. The van der Waals surface area contributed by atoms with E-state index in [1.165, 1.54) is 11.4 Å². The molecule has 0 spiro atoms. The number of hydrogen-bond acceptors (Lipinski definition) is 7. The summed E-state index contributed by atoms with van der Waals surface area (Å²) in [6.07, 6.45) is 10.1. The number of anilines is 1. The molecule has 6 heterocycles. The van der Waals surface area contributed by atoms with Crippen molar-refractivity contribution in [2.24, 2.45) is 5.73 Å². The number of ketones is 1. The second kappa shape index (κ2) is 7.90. The first kappa shape index (κ1) is 21.3. The quantitative estimate of drug-likeness (QED) is 0.386. The number of fused-ring (bicyclic) bond motifs is 3. The fourth-order valence-electron chi connectivity index (χ4n) is 5.75. The number of pyridine rings is 1. The Balaban J connectivity index is 1.44. The van der Waals surface area contributed by atoms with Crippen LogP contribution < -0.4 is 11.5 Å². The van der Waals surface area contributed by atoms with Crippen LogP contribution in [0, 0.1) is 0 Å². The predicted octanol–water partition coefficient (Wildman–Crippen LogP) is 2.76. The summed E-state index contributed by atoms with van der Waals surface area (Å²) in [6, 6.07) is 3.54. The summed E-state index contributed by atoms with van der Waals surface area (Å²) in [5, 5.41) is 4.43. The molecule has 178 valence electrons. The van der Waals surface area contributed by atoms with Gasteiger partial charge in [-0.2, -0.15) is 9.61 Å². The van der Waals surface area contributed by atoms with Crippen LogP contribution in [-0.4, -0.2) is 58.3 Å². The van der Waals surface area contributed by atoms with Crippen molar-refractivity contribution >= 4 is 23.3 Å². The number of urea groups is 1. The lowest BCUT2D eigenvalue weighted by atomic mass is 9.85. The zero-order chi connectivity index (χ0) is 24.3. The van der Waals surface area contributed by atoms with E-state index in [0.717, 1.165) is 29.7 Å². The largest absolute Gasteiger partial charge is 0.383 e. The molecule has 4 aromatic heterocycles. The molecule has 11 nitrogen and oxygen atoms in total. The van der Waals surface area contributed by atoms with Gasteiger partial charge in [-0.05, 0) is 38.7 Å². The van der Waals surface area contributed by atoms with Gasteiger partial charge in [-0.15, -0.1) is 0 Å².